The topological polar surface area (TPSA) is 40.6 Å². The smallest absolute Gasteiger partial charge is 0.320 e. The van der Waals surface area contributed by atoms with E-state index in [-0.39, 0.29) is 29.9 Å². The highest BCUT2D eigenvalue weighted by molar-refractivity contribution is 6.17. The molecule has 1 aliphatic rings. The number of halogens is 1. The van der Waals surface area contributed by atoms with Gasteiger partial charge in [-0.05, 0) is 25.3 Å². The van der Waals surface area contributed by atoms with E-state index in [0.29, 0.717) is 17.9 Å². The lowest BCUT2D eigenvalue weighted by molar-refractivity contribution is 0.0916. The second kappa shape index (κ2) is 10.6. The molecular formula is C25H31ClN2O2. The van der Waals surface area contributed by atoms with Gasteiger partial charge in [0.05, 0.1) is 12.1 Å². The first-order valence-electron chi connectivity index (χ1n) is 10.8. The largest absolute Gasteiger partial charge is 0.323 e. The quantitative estimate of drug-likeness (QED) is 0.268. The van der Waals surface area contributed by atoms with Crippen LogP contribution in [0.5, 0.6) is 0 Å². The zero-order chi connectivity index (χ0) is 21.5. The van der Waals surface area contributed by atoms with Gasteiger partial charge in [-0.15, -0.1) is 11.6 Å². The van der Waals surface area contributed by atoms with Crippen LogP contribution in [-0.2, 0) is 0 Å². The Bertz CT molecular complexity index is 828. The van der Waals surface area contributed by atoms with Crippen LogP contribution in [-0.4, -0.2) is 46.6 Å². The number of unbranched alkanes of at least 4 members (excludes halogenated alkanes) is 2. The van der Waals surface area contributed by atoms with E-state index in [1.165, 1.54) is 0 Å². The molecule has 0 bridgehead atoms. The normalized spacial score (nSPS) is 19.9. The van der Waals surface area contributed by atoms with Crippen molar-refractivity contribution >= 4 is 23.4 Å². The van der Waals surface area contributed by atoms with Gasteiger partial charge in [0.2, 0.25) is 0 Å². The third kappa shape index (κ3) is 5.04. The van der Waals surface area contributed by atoms with E-state index in [2.05, 4.69) is 19.1 Å². The molecule has 0 aliphatic carbocycles. The number of urea groups is 1. The molecular weight excluding hydrogens is 396 g/mol. The molecule has 3 atom stereocenters. The fourth-order valence-corrected chi connectivity index (χ4v) is 4.53. The van der Waals surface area contributed by atoms with Crippen LogP contribution in [0.3, 0.4) is 0 Å². The van der Waals surface area contributed by atoms with E-state index < -0.39 is 0 Å². The number of amides is 2. The van der Waals surface area contributed by atoms with Gasteiger partial charge in [-0.1, -0.05) is 73.5 Å². The number of likely N-dealkylation sites (N-methyl/N-ethyl adjacent to an activating group) is 1. The van der Waals surface area contributed by atoms with Crippen LogP contribution in [0.2, 0.25) is 0 Å². The summed E-state index contributed by atoms with van der Waals surface area (Å²) in [4.78, 5) is 30.1. The molecule has 30 heavy (non-hydrogen) atoms. The summed E-state index contributed by atoms with van der Waals surface area (Å²) in [5.74, 6) is 0.725. The molecule has 5 heteroatoms. The maximum atomic E-state index is 13.3. The predicted molar refractivity (Wildman–Crippen MR) is 122 cm³/mol. The van der Waals surface area contributed by atoms with E-state index >= 15 is 0 Å². The van der Waals surface area contributed by atoms with Crippen molar-refractivity contribution in [2.45, 2.75) is 57.2 Å². The number of carbonyl (C=O) groups is 2. The van der Waals surface area contributed by atoms with Crippen LogP contribution < -0.4 is 0 Å². The average Bonchev–Trinajstić information content (AvgIpc) is 3.01. The van der Waals surface area contributed by atoms with E-state index in [1.807, 2.05) is 60.5 Å². The lowest BCUT2D eigenvalue weighted by Crippen LogP contribution is -2.41. The molecule has 0 saturated carbocycles. The van der Waals surface area contributed by atoms with Gasteiger partial charge in [-0.3, -0.25) is 4.79 Å². The Morgan fingerprint density at radius 3 is 2.27 bits per heavy atom. The van der Waals surface area contributed by atoms with Gasteiger partial charge in [-0.25, -0.2) is 4.79 Å². The van der Waals surface area contributed by atoms with Crippen LogP contribution in [0, 0.1) is 0 Å². The van der Waals surface area contributed by atoms with Crippen molar-refractivity contribution in [2.24, 2.45) is 0 Å². The molecule has 2 amide bonds. The van der Waals surface area contributed by atoms with E-state index in [4.69, 9.17) is 11.6 Å². The highest BCUT2D eigenvalue weighted by Gasteiger charge is 2.45. The molecule has 4 nitrogen and oxygen atoms in total. The van der Waals surface area contributed by atoms with Gasteiger partial charge >= 0.3 is 6.03 Å². The second-order valence-electron chi connectivity index (χ2n) is 8.08. The zero-order valence-corrected chi connectivity index (χ0v) is 18.6. The van der Waals surface area contributed by atoms with Crippen LogP contribution in [0.15, 0.2) is 60.7 Å². The van der Waals surface area contributed by atoms with E-state index in [9.17, 15) is 9.59 Å². The van der Waals surface area contributed by atoms with Gasteiger partial charge in [-0.2, -0.15) is 0 Å². The summed E-state index contributed by atoms with van der Waals surface area (Å²) >= 11 is 5.85. The van der Waals surface area contributed by atoms with Crippen LogP contribution >= 0.6 is 11.6 Å². The maximum Gasteiger partial charge on any atom is 0.320 e. The summed E-state index contributed by atoms with van der Waals surface area (Å²) in [6.07, 6.45) is 4.03. The molecule has 3 rings (SSSR count). The Hall–Kier alpha value is -2.33. The predicted octanol–water partition coefficient (Wildman–Crippen LogP) is 5.92. The lowest BCUT2D eigenvalue weighted by Gasteiger charge is -2.33. The van der Waals surface area contributed by atoms with Gasteiger partial charge < -0.3 is 9.80 Å². The minimum Gasteiger partial charge on any atom is -0.323 e. The zero-order valence-electron chi connectivity index (χ0n) is 17.8. The summed E-state index contributed by atoms with van der Waals surface area (Å²) in [6.45, 7) is 2.08. The Kier molecular flexibility index (Phi) is 7.92. The third-order valence-electron chi connectivity index (χ3n) is 6.11. The average molecular weight is 427 g/mol. The molecule has 1 saturated heterocycles. The van der Waals surface area contributed by atoms with Gasteiger partial charge in [0.15, 0.2) is 5.78 Å². The highest BCUT2D eigenvalue weighted by atomic mass is 35.5. The molecule has 1 heterocycles. The summed E-state index contributed by atoms with van der Waals surface area (Å²) in [6, 6.07) is 19.4. The fraction of sp³-hybridized carbons (Fsp3) is 0.440. The minimum atomic E-state index is -0.141. The summed E-state index contributed by atoms with van der Waals surface area (Å²) in [5.41, 5.74) is 1.81. The van der Waals surface area contributed by atoms with Gasteiger partial charge in [0.1, 0.15) is 0 Å². The van der Waals surface area contributed by atoms with Crippen LogP contribution in [0.4, 0.5) is 4.79 Å². The molecule has 1 fully saturated rings. The van der Waals surface area contributed by atoms with E-state index in [1.54, 1.807) is 4.90 Å². The van der Waals surface area contributed by atoms with Gasteiger partial charge in [0.25, 0.3) is 0 Å². The van der Waals surface area contributed by atoms with Crippen molar-refractivity contribution < 1.29 is 9.59 Å². The highest BCUT2D eigenvalue weighted by Crippen LogP contribution is 2.38. The number of alkyl halides is 1. The summed E-state index contributed by atoms with van der Waals surface area (Å²) in [5, 5.41) is 0. The van der Waals surface area contributed by atoms with Crippen molar-refractivity contribution in [1.82, 2.24) is 9.80 Å². The first-order valence-corrected chi connectivity index (χ1v) is 11.3. The number of nitrogens with zero attached hydrogens (tertiary/aromatic N) is 2. The van der Waals surface area contributed by atoms with Crippen molar-refractivity contribution in [3.8, 4) is 0 Å². The number of hydrogen-bond donors (Lipinski definition) is 0. The molecule has 0 N–H and O–H groups in total. The molecule has 0 radical (unpaired) electrons. The summed E-state index contributed by atoms with van der Waals surface area (Å²) < 4.78 is 0. The first-order chi connectivity index (χ1) is 14.5. The monoisotopic (exact) mass is 426 g/mol. The van der Waals surface area contributed by atoms with E-state index in [0.717, 1.165) is 31.2 Å². The Balaban J connectivity index is 1.88. The fourth-order valence-electron chi connectivity index (χ4n) is 4.34. The molecule has 2 aromatic rings. The minimum absolute atomic E-state index is 0.000409. The lowest BCUT2D eigenvalue weighted by atomic mass is 9.94. The standard InChI is InChI=1S/C25H31ClN2O2/c1-19-24(21-14-8-4-9-15-21)28(25(30)27(19)2)22(16-10-5-11-17-26)18-23(29)20-12-6-3-7-13-20/h3-4,6-9,12-15,19,22,24H,5,10-11,16-18H2,1-2H3/t19-,22+,24-/m0/s1. The Morgan fingerprint density at radius 1 is 1.00 bits per heavy atom. The number of carbonyl (C=O) groups excluding carboxylic acids is 2. The van der Waals surface area contributed by atoms with Crippen molar-refractivity contribution in [3.63, 3.8) is 0 Å². The summed E-state index contributed by atoms with van der Waals surface area (Å²) in [7, 11) is 1.85. The molecule has 1 aliphatic heterocycles. The molecule has 0 unspecified atom stereocenters. The number of Topliss-reactive ketones (excluding diaryl/α,β-unsaturated/α-hetero) is 1. The molecule has 0 aromatic heterocycles. The van der Waals surface area contributed by atoms with Crippen LogP contribution in [0.25, 0.3) is 0 Å². The second-order valence-corrected chi connectivity index (χ2v) is 8.46. The van der Waals surface area contributed by atoms with Crippen LogP contribution in [0.1, 0.15) is 61.0 Å². The number of ketones is 1. The number of rotatable bonds is 10. The molecule has 2 aromatic carbocycles. The Labute approximate surface area is 184 Å². The first kappa shape index (κ1) is 22.4. The van der Waals surface area contributed by atoms with Crippen molar-refractivity contribution in [3.05, 3.63) is 71.8 Å². The third-order valence-corrected chi connectivity index (χ3v) is 6.38. The van der Waals surface area contributed by atoms with Crippen molar-refractivity contribution in [2.75, 3.05) is 12.9 Å². The number of benzene rings is 2. The van der Waals surface area contributed by atoms with Gasteiger partial charge in [0, 0.05) is 31.0 Å². The Morgan fingerprint density at radius 2 is 1.63 bits per heavy atom. The molecule has 160 valence electrons. The number of hydrogen-bond acceptors (Lipinski definition) is 2. The SMILES string of the molecule is C[C@H]1[C@@H](c2ccccc2)N([C@H](CCCCCCl)CC(=O)c2ccccc2)C(=O)N1C. The maximum absolute atomic E-state index is 13.3. The molecule has 0 spiro atoms. The van der Waals surface area contributed by atoms with Crippen molar-refractivity contribution in [1.29, 1.82) is 0 Å².